The van der Waals surface area contributed by atoms with Crippen LogP contribution in [0.2, 0.25) is 10.0 Å². The molecule has 1 aliphatic carbocycles. The quantitative estimate of drug-likeness (QED) is 0.629. The van der Waals surface area contributed by atoms with Crippen LogP contribution in [0, 0.1) is 5.92 Å². The smallest absolute Gasteiger partial charge is 0.0439 e. The summed E-state index contributed by atoms with van der Waals surface area (Å²) in [7, 11) is 0. The molecule has 0 aliphatic heterocycles. The predicted octanol–water partition coefficient (Wildman–Crippen LogP) is 5.87. The monoisotopic (exact) mass is 327 g/mol. The van der Waals surface area contributed by atoms with Crippen molar-refractivity contribution in [1.29, 1.82) is 0 Å². The van der Waals surface area contributed by atoms with Crippen LogP contribution in [0.5, 0.6) is 0 Å². The van der Waals surface area contributed by atoms with Crippen molar-refractivity contribution in [3.63, 3.8) is 0 Å². The fraction of sp³-hybridized carbons (Fsp3) is 0.667. The second-order valence-electron chi connectivity index (χ2n) is 6.32. The van der Waals surface area contributed by atoms with Crippen LogP contribution in [0.3, 0.4) is 0 Å². The minimum Gasteiger partial charge on any atom is -0.314 e. The van der Waals surface area contributed by atoms with Crippen molar-refractivity contribution in [2.24, 2.45) is 5.92 Å². The van der Waals surface area contributed by atoms with E-state index < -0.39 is 0 Å². The maximum Gasteiger partial charge on any atom is 0.0439 e. The lowest BCUT2D eigenvalue weighted by molar-refractivity contribution is 0.402. The highest BCUT2D eigenvalue weighted by atomic mass is 35.5. The molecule has 1 aromatic carbocycles. The summed E-state index contributed by atoms with van der Waals surface area (Å²) in [5.74, 6) is 0.950. The third-order valence-electron chi connectivity index (χ3n) is 4.56. The molecule has 2 rings (SSSR count). The van der Waals surface area contributed by atoms with Gasteiger partial charge in [0.1, 0.15) is 0 Å². The summed E-state index contributed by atoms with van der Waals surface area (Å²) in [4.78, 5) is 0. The van der Waals surface area contributed by atoms with E-state index in [1.807, 2.05) is 18.2 Å². The van der Waals surface area contributed by atoms with E-state index in [0.717, 1.165) is 28.9 Å². The van der Waals surface area contributed by atoms with Gasteiger partial charge >= 0.3 is 0 Å². The summed E-state index contributed by atoms with van der Waals surface area (Å²) in [6.07, 6.45) is 10.5. The van der Waals surface area contributed by atoms with Gasteiger partial charge in [0.05, 0.1) is 0 Å². The topological polar surface area (TPSA) is 12.0 Å². The van der Waals surface area contributed by atoms with Crippen LogP contribution in [0.15, 0.2) is 18.2 Å². The van der Waals surface area contributed by atoms with E-state index in [2.05, 4.69) is 12.2 Å². The van der Waals surface area contributed by atoms with Crippen molar-refractivity contribution in [1.82, 2.24) is 5.32 Å². The average Bonchev–Trinajstić information content (AvgIpc) is 2.99. The van der Waals surface area contributed by atoms with Crippen molar-refractivity contribution in [2.45, 2.75) is 64.3 Å². The zero-order valence-electron chi connectivity index (χ0n) is 13.0. The Morgan fingerprint density at radius 2 is 2.00 bits per heavy atom. The Morgan fingerprint density at radius 3 is 2.71 bits per heavy atom. The molecule has 1 atom stereocenters. The highest BCUT2D eigenvalue weighted by Crippen LogP contribution is 2.30. The minimum atomic E-state index is 0.515. The first-order valence-corrected chi connectivity index (χ1v) is 9.12. The molecule has 1 saturated carbocycles. The van der Waals surface area contributed by atoms with E-state index in [9.17, 15) is 0 Å². The van der Waals surface area contributed by atoms with E-state index >= 15 is 0 Å². The summed E-state index contributed by atoms with van der Waals surface area (Å²) < 4.78 is 0. The fourth-order valence-corrected chi connectivity index (χ4v) is 3.72. The highest BCUT2D eigenvalue weighted by Gasteiger charge is 2.18. The largest absolute Gasteiger partial charge is 0.314 e. The first-order valence-electron chi connectivity index (χ1n) is 8.36. The lowest BCUT2D eigenvalue weighted by Gasteiger charge is -2.21. The second-order valence-corrected chi connectivity index (χ2v) is 7.16. The normalized spacial score (nSPS) is 17.3. The Hall–Kier alpha value is -0.240. The van der Waals surface area contributed by atoms with E-state index in [4.69, 9.17) is 23.2 Å². The van der Waals surface area contributed by atoms with Gasteiger partial charge < -0.3 is 5.32 Å². The molecule has 1 nitrogen and oxygen atoms in total. The first-order chi connectivity index (χ1) is 10.2. The summed E-state index contributed by atoms with van der Waals surface area (Å²) in [6.45, 7) is 3.29. The third kappa shape index (κ3) is 5.81. The molecule has 1 aliphatic rings. The maximum absolute atomic E-state index is 6.32. The predicted molar refractivity (Wildman–Crippen MR) is 93.4 cm³/mol. The average molecular weight is 328 g/mol. The van der Waals surface area contributed by atoms with Gasteiger partial charge in [0.25, 0.3) is 0 Å². The van der Waals surface area contributed by atoms with Gasteiger partial charge in [0.15, 0.2) is 0 Å². The van der Waals surface area contributed by atoms with Crippen molar-refractivity contribution in [2.75, 3.05) is 6.54 Å². The standard InChI is InChI=1S/C18H27Cl2N/c1-2-11-21-17(9-7-14-5-3-4-6-14)13-15-12-16(19)8-10-18(15)20/h8,10,12,14,17,21H,2-7,9,11,13H2,1H3. The summed E-state index contributed by atoms with van der Waals surface area (Å²) in [5, 5.41) is 5.30. The maximum atomic E-state index is 6.32. The third-order valence-corrected chi connectivity index (χ3v) is 5.16. The Morgan fingerprint density at radius 1 is 1.24 bits per heavy atom. The molecule has 21 heavy (non-hydrogen) atoms. The zero-order valence-corrected chi connectivity index (χ0v) is 14.5. The van der Waals surface area contributed by atoms with Crippen molar-refractivity contribution >= 4 is 23.2 Å². The summed E-state index contributed by atoms with van der Waals surface area (Å²) in [6, 6.07) is 6.30. The van der Waals surface area contributed by atoms with Gasteiger partial charge in [-0.15, -0.1) is 0 Å². The number of benzene rings is 1. The number of hydrogen-bond donors (Lipinski definition) is 1. The van der Waals surface area contributed by atoms with Crippen LogP contribution in [-0.4, -0.2) is 12.6 Å². The molecule has 1 N–H and O–H groups in total. The first kappa shape index (κ1) is 17.1. The fourth-order valence-electron chi connectivity index (χ4n) is 3.33. The molecule has 0 radical (unpaired) electrons. The van der Waals surface area contributed by atoms with Gasteiger partial charge in [-0.2, -0.15) is 0 Å². The van der Waals surface area contributed by atoms with Gasteiger partial charge in [-0.25, -0.2) is 0 Å². The van der Waals surface area contributed by atoms with Crippen molar-refractivity contribution in [3.8, 4) is 0 Å². The van der Waals surface area contributed by atoms with E-state index in [-0.39, 0.29) is 0 Å². The lowest BCUT2D eigenvalue weighted by Crippen LogP contribution is -2.32. The van der Waals surface area contributed by atoms with E-state index in [1.54, 1.807) is 0 Å². The van der Waals surface area contributed by atoms with Crippen LogP contribution in [0.1, 0.15) is 57.4 Å². The molecule has 3 heteroatoms. The molecule has 0 aromatic heterocycles. The zero-order chi connectivity index (χ0) is 15.1. The molecule has 1 fully saturated rings. The van der Waals surface area contributed by atoms with Gasteiger partial charge in [-0.1, -0.05) is 55.8 Å². The van der Waals surface area contributed by atoms with Crippen molar-refractivity contribution in [3.05, 3.63) is 33.8 Å². The SMILES string of the molecule is CCCNC(CCC1CCCC1)Cc1cc(Cl)ccc1Cl. The van der Waals surface area contributed by atoms with E-state index in [0.29, 0.717) is 6.04 Å². The summed E-state index contributed by atoms with van der Waals surface area (Å²) in [5.41, 5.74) is 1.17. The van der Waals surface area contributed by atoms with Crippen LogP contribution in [0.4, 0.5) is 0 Å². The number of halogens is 2. The molecular formula is C18H27Cl2N. The molecule has 0 heterocycles. The van der Waals surface area contributed by atoms with Crippen LogP contribution in [-0.2, 0) is 6.42 Å². The molecule has 1 aromatic rings. The Balaban J connectivity index is 1.92. The molecule has 118 valence electrons. The molecule has 0 saturated heterocycles. The summed E-state index contributed by atoms with van der Waals surface area (Å²) >= 11 is 12.4. The van der Waals surface area contributed by atoms with Gasteiger partial charge in [0.2, 0.25) is 0 Å². The minimum absolute atomic E-state index is 0.515. The van der Waals surface area contributed by atoms with Crippen molar-refractivity contribution < 1.29 is 0 Å². The van der Waals surface area contributed by atoms with Gasteiger partial charge in [-0.05, 0) is 61.9 Å². The molecule has 1 unspecified atom stereocenters. The number of hydrogen-bond acceptors (Lipinski definition) is 1. The van der Waals surface area contributed by atoms with Gasteiger partial charge in [0, 0.05) is 16.1 Å². The van der Waals surface area contributed by atoms with Crippen LogP contribution >= 0.6 is 23.2 Å². The molecule has 0 bridgehead atoms. The van der Waals surface area contributed by atoms with Crippen LogP contribution in [0.25, 0.3) is 0 Å². The van der Waals surface area contributed by atoms with Gasteiger partial charge in [-0.3, -0.25) is 0 Å². The Bertz CT molecular complexity index is 427. The second kappa shape index (κ2) is 9.02. The highest BCUT2D eigenvalue weighted by molar-refractivity contribution is 6.33. The van der Waals surface area contributed by atoms with E-state index in [1.165, 1.54) is 50.5 Å². The van der Waals surface area contributed by atoms with Crippen LogP contribution < -0.4 is 5.32 Å². The lowest BCUT2D eigenvalue weighted by atomic mass is 9.95. The number of nitrogens with one attached hydrogen (secondary N) is 1. The Kier molecular flexibility index (Phi) is 7.36. The Labute approximate surface area is 139 Å². The molecular weight excluding hydrogens is 301 g/mol. The molecule has 0 spiro atoms. The molecule has 0 amide bonds. The number of rotatable bonds is 8.